The lowest BCUT2D eigenvalue weighted by Gasteiger charge is -2.28. The van der Waals surface area contributed by atoms with Crippen molar-refractivity contribution in [3.63, 3.8) is 0 Å². The van der Waals surface area contributed by atoms with E-state index in [1.54, 1.807) is 0 Å². The third-order valence-electron chi connectivity index (χ3n) is 5.37. The summed E-state index contributed by atoms with van der Waals surface area (Å²) in [6.07, 6.45) is 17.9. The highest BCUT2D eigenvalue weighted by molar-refractivity contribution is 5.88. The summed E-state index contributed by atoms with van der Waals surface area (Å²) in [5.41, 5.74) is -0.153. The van der Waals surface area contributed by atoms with E-state index in [1.807, 2.05) is 0 Å². The van der Waals surface area contributed by atoms with Gasteiger partial charge in [0, 0.05) is 18.9 Å². The van der Waals surface area contributed by atoms with Crippen LogP contribution in [0.3, 0.4) is 0 Å². The molecule has 1 saturated carbocycles. The number of aliphatic hydroxyl groups excluding tert-OH is 1. The number of carbonyl (C=O) groups is 2. The van der Waals surface area contributed by atoms with Crippen molar-refractivity contribution in [1.82, 2.24) is 0 Å². The van der Waals surface area contributed by atoms with Gasteiger partial charge in [-0.3, -0.25) is 9.59 Å². The highest BCUT2D eigenvalue weighted by atomic mass is 16.5. The van der Waals surface area contributed by atoms with Gasteiger partial charge in [0.25, 0.3) is 0 Å². The SMILES string of the molecule is COC(=O)[C@@H](CC(C)(C)/C=C\C/C=C/CCCCCCO)[C@H]1CCCC1=O. The topological polar surface area (TPSA) is 63.6 Å². The molecule has 0 amide bonds. The fourth-order valence-corrected chi connectivity index (χ4v) is 3.85. The maximum absolute atomic E-state index is 12.2. The number of methoxy groups -OCH3 is 1. The van der Waals surface area contributed by atoms with Crippen LogP contribution in [0.25, 0.3) is 0 Å². The van der Waals surface area contributed by atoms with E-state index in [1.165, 1.54) is 20.0 Å². The second kappa shape index (κ2) is 12.9. The molecule has 1 rings (SSSR count). The minimum Gasteiger partial charge on any atom is -0.469 e. The molecule has 0 saturated heterocycles. The minimum absolute atomic E-state index is 0.153. The molecule has 0 aromatic rings. The highest BCUT2D eigenvalue weighted by Crippen LogP contribution is 2.37. The number of unbranched alkanes of at least 4 members (excludes halogenated alkanes) is 4. The second-order valence-electron chi connectivity index (χ2n) is 8.32. The van der Waals surface area contributed by atoms with E-state index in [4.69, 9.17) is 9.84 Å². The summed E-state index contributed by atoms with van der Waals surface area (Å²) >= 11 is 0. The number of allylic oxidation sites excluding steroid dienone is 4. The van der Waals surface area contributed by atoms with Crippen molar-refractivity contribution < 1.29 is 19.4 Å². The van der Waals surface area contributed by atoms with Crippen LogP contribution in [-0.2, 0) is 14.3 Å². The molecule has 2 atom stereocenters. The Hall–Kier alpha value is -1.42. The number of hydrogen-bond donors (Lipinski definition) is 1. The van der Waals surface area contributed by atoms with Gasteiger partial charge in [-0.1, -0.05) is 51.0 Å². The molecule has 1 N–H and O–H groups in total. The summed E-state index contributed by atoms with van der Waals surface area (Å²) in [6.45, 7) is 4.52. The van der Waals surface area contributed by atoms with Crippen LogP contribution in [0.1, 0.15) is 78.1 Å². The number of ketones is 1. The molecule has 0 heterocycles. The maximum atomic E-state index is 12.2. The van der Waals surface area contributed by atoms with Crippen LogP contribution in [0, 0.1) is 17.3 Å². The fourth-order valence-electron chi connectivity index (χ4n) is 3.85. The van der Waals surface area contributed by atoms with Crippen molar-refractivity contribution in [2.45, 2.75) is 78.1 Å². The number of hydrogen-bond acceptors (Lipinski definition) is 4. The van der Waals surface area contributed by atoms with Crippen molar-refractivity contribution in [2.75, 3.05) is 13.7 Å². The van der Waals surface area contributed by atoms with E-state index in [0.29, 0.717) is 19.4 Å². The van der Waals surface area contributed by atoms with Gasteiger partial charge in [-0.25, -0.2) is 0 Å². The predicted octanol–water partition coefficient (Wildman–Crippen LogP) is 5.01. The number of esters is 1. The van der Waals surface area contributed by atoms with Gasteiger partial charge < -0.3 is 9.84 Å². The van der Waals surface area contributed by atoms with Crippen LogP contribution < -0.4 is 0 Å². The Morgan fingerprint density at radius 3 is 2.59 bits per heavy atom. The second-order valence-corrected chi connectivity index (χ2v) is 8.32. The van der Waals surface area contributed by atoms with Gasteiger partial charge in [0.2, 0.25) is 0 Å². The van der Waals surface area contributed by atoms with Crippen LogP contribution in [-0.4, -0.2) is 30.6 Å². The minimum atomic E-state index is -0.334. The molecule has 0 aromatic heterocycles. The first-order valence-corrected chi connectivity index (χ1v) is 10.5. The lowest BCUT2D eigenvalue weighted by molar-refractivity contribution is -0.150. The average Bonchev–Trinajstić information content (AvgIpc) is 3.06. The first kappa shape index (κ1) is 23.6. The summed E-state index contributed by atoms with van der Waals surface area (Å²) in [6, 6.07) is 0. The quantitative estimate of drug-likeness (QED) is 0.278. The molecule has 27 heavy (non-hydrogen) atoms. The largest absolute Gasteiger partial charge is 0.469 e. The molecule has 4 nitrogen and oxygen atoms in total. The third-order valence-corrected chi connectivity index (χ3v) is 5.37. The number of carbonyl (C=O) groups excluding carboxylic acids is 2. The van der Waals surface area contributed by atoms with Crippen LogP contribution in [0.4, 0.5) is 0 Å². The Morgan fingerprint density at radius 1 is 1.22 bits per heavy atom. The van der Waals surface area contributed by atoms with E-state index in [-0.39, 0.29) is 29.0 Å². The van der Waals surface area contributed by atoms with Gasteiger partial charge in [0.15, 0.2) is 0 Å². The smallest absolute Gasteiger partial charge is 0.309 e. The molecule has 154 valence electrons. The van der Waals surface area contributed by atoms with E-state index < -0.39 is 0 Å². The van der Waals surface area contributed by atoms with Gasteiger partial charge in [-0.15, -0.1) is 0 Å². The van der Waals surface area contributed by atoms with Gasteiger partial charge >= 0.3 is 5.97 Å². The summed E-state index contributed by atoms with van der Waals surface area (Å²) < 4.78 is 4.98. The van der Waals surface area contributed by atoms with E-state index in [2.05, 4.69) is 38.2 Å². The molecule has 0 aliphatic heterocycles. The van der Waals surface area contributed by atoms with Crippen molar-refractivity contribution in [3.05, 3.63) is 24.3 Å². The van der Waals surface area contributed by atoms with Crippen LogP contribution in [0.15, 0.2) is 24.3 Å². The van der Waals surface area contributed by atoms with Gasteiger partial charge in [0.1, 0.15) is 5.78 Å². The Kier molecular flexibility index (Phi) is 11.3. The summed E-state index contributed by atoms with van der Waals surface area (Å²) in [7, 11) is 1.41. The molecular weight excluding hydrogens is 340 g/mol. The average molecular weight is 379 g/mol. The van der Waals surface area contributed by atoms with Crippen molar-refractivity contribution in [2.24, 2.45) is 17.3 Å². The van der Waals surface area contributed by atoms with Crippen molar-refractivity contribution >= 4 is 11.8 Å². The maximum Gasteiger partial charge on any atom is 0.309 e. The van der Waals surface area contributed by atoms with Crippen molar-refractivity contribution in [1.29, 1.82) is 0 Å². The molecule has 1 aliphatic rings. The molecule has 0 radical (unpaired) electrons. The van der Waals surface area contributed by atoms with Gasteiger partial charge in [-0.05, 0) is 50.4 Å². The Bertz CT molecular complexity index is 505. The summed E-state index contributed by atoms with van der Waals surface area (Å²) in [5.74, 6) is -0.542. The monoisotopic (exact) mass is 378 g/mol. The standard InChI is InChI=1S/C23H38O4/c1-23(2,16-11-9-7-5-4-6-8-10-12-17-24)18-20(22(26)27-3)19-14-13-15-21(19)25/h5,7,11,16,19-20,24H,4,6,8-10,12-15,17-18H2,1-3H3/b7-5+,16-11-/t19-,20+/m1/s1. The number of aliphatic hydroxyl groups is 1. The summed E-state index contributed by atoms with van der Waals surface area (Å²) in [4.78, 5) is 24.4. The number of rotatable bonds is 13. The van der Waals surface area contributed by atoms with Crippen LogP contribution in [0.2, 0.25) is 0 Å². The first-order valence-electron chi connectivity index (χ1n) is 10.5. The zero-order chi connectivity index (χ0) is 20.1. The Balaban J connectivity index is 2.44. The molecule has 0 spiro atoms. The van der Waals surface area contributed by atoms with Crippen molar-refractivity contribution in [3.8, 4) is 0 Å². The molecule has 1 aliphatic carbocycles. The van der Waals surface area contributed by atoms with Gasteiger partial charge in [-0.2, -0.15) is 0 Å². The highest BCUT2D eigenvalue weighted by Gasteiger charge is 2.39. The zero-order valence-electron chi connectivity index (χ0n) is 17.4. The Labute approximate surface area is 165 Å². The van der Waals surface area contributed by atoms with Crippen LogP contribution in [0.5, 0.6) is 0 Å². The lowest BCUT2D eigenvalue weighted by atomic mass is 9.76. The molecule has 4 heteroatoms. The molecule has 0 bridgehead atoms. The predicted molar refractivity (Wildman–Crippen MR) is 109 cm³/mol. The van der Waals surface area contributed by atoms with Crippen LogP contribution >= 0.6 is 0 Å². The summed E-state index contributed by atoms with van der Waals surface area (Å²) in [5, 5.41) is 8.74. The third kappa shape index (κ3) is 9.37. The number of ether oxygens (including phenoxy) is 1. The zero-order valence-corrected chi connectivity index (χ0v) is 17.4. The molecule has 0 unspecified atom stereocenters. The van der Waals surface area contributed by atoms with E-state index in [0.717, 1.165) is 38.5 Å². The fraction of sp³-hybridized carbons (Fsp3) is 0.739. The number of Topliss-reactive ketones (excluding diaryl/α,β-unsaturated/α-hetero) is 1. The first-order chi connectivity index (χ1) is 12.9. The molecule has 0 aromatic carbocycles. The van der Waals surface area contributed by atoms with E-state index in [9.17, 15) is 9.59 Å². The normalized spacial score (nSPS) is 19.3. The Morgan fingerprint density at radius 2 is 1.96 bits per heavy atom. The molecule has 1 fully saturated rings. The van der Waals surface area contributed by atoms with E-state index >= 15 is 0 Å². The van der Waals surface area contributed by atoms with Gasteiger partial charge in [0.05, 0.1) is 13.0 Å². The molecular formula is C23H38O4. The lowest BCUT2D eigenvalue weighted by Crippen LogP contribution is -2.31.